The first-order chi connectivity index (χ1) is 14.4. The predicted octanol–water partition coefficient (Wildman–Crippen LogP) is 2.88. The highest BCUT2D eigenvalue weighted by molar-refractivity contribution is 6.65. The zero-order valence-electron chi connectivity index (χ0n) is 16.5. The lowest BCUT2D eigenvalue weighted by Gasteiger charge is -2.26. The van der Waals surface area contributed by atoms with E-state index in [4.69, 9.17) is 13.3 Å². The molecule has 0 unspecified atom stereocenters. The molecule has 31 heavy (non-hydrogen) atoms. The van der Waals surface area contributed by atoms with Gasteiger partial charge in [-0.1, -0.05) is 20.8 Å². The van der Waals surface area contributed by atoms with Gasteiger partial charge in [0.15, 0.2) is 29.5 Å². The van der Waals surface area contributed by atoms with Gasteiger partial charge in [0.25, 0.3) is 17.9 Å². The van der Waals surface area contributed by atoms with Crippen LogP contribution in [0.2, 0.25) is 0 Å². The molecule has 0 radical (unpaired) electrons. The predicted molar refractivity (Wildman–Crippen MR) is 91.4 cm³/mol. The summed E-state index contributed by atoms with van der Waals surface area (Å²) in [6, 6.07) is 0. The third kappa shape index (κ3) is 6.22. The van der Waals surface area contributed by atoms with Crippen molar-refractivity contribution in [2.24, 2.45) is 0 Å². The van der Waals surface area contributed by atoms with Gasteiger partial charge in [-0.3, -0.25) is 14.4 Å². The van der Waals surface area contributed by atoms with Crippen molar-refractivity contribution < 1.29 is 59.1 Å². The Morgan fingerprint density at radius 1 is 0.645 bits per heavy atom. The van der Waals surface area contributed by atoms with Gasteiger partial charge in [0, 0.05) is 19.3 Å². The van der Waals surface area contributed by atoms with E-state index < -0.39 is 73.6 Å². The summed E-state index contributed by atoms with van der Waals surface area (Å²) in [5.41, 5.74) is -1.94. The van der Waals surface area contributed by atoms with Crippen LogP contribution < -0.4 is 0 Å². The summed E-state index contributed by atoms with van der Waals surface area (Å²) < 4.78 is 86.5. The zero-order valence-corrected chi connectivity index (χ0v) is 17.5. The molecule has 0 amide bonds. The van der Waals surface area contributed by atoms with Crippen LogP contribution in [0.4, 0.5) is 22.0 Å². The summed E-state index contributed by atoms with van der Waals surface area (Å²) in [7, 11) is -4.81. The molecule has 0 saturated carbocycles. The van der Waals surface area contributed by atoms with E-state index in [0.717, 1.165) is 0 Å². The van der Waals surface area contributed by atoms with E-state index in [2.05, 4.69) is 4.74 Å². The normalized spacial score (nSPS) is 11.0. The van der Waals surface area contributed by atoms with Gasteiger partial charge in [0.2, 0.25) is 5.82 Å². The maximum Gasteiger partial charge on any atom is 0.745 e. The molecule has 0 aromatic heterocycles. The molecule has 8 nitrogen and oxygen atoms in total. The van der Waals surface area contributed by atoms with Crippen LogP contribution in [0.25, 0.3) is 0 Å². The largest absolute Gasteiger partial charge is 0.745 e. The van der Waals surface area contributed by atoms with E-state index in [-0.39, 0.29) is 19.3 Å². The highest BCUT2D eigenvalue weighted by Gasteiger charge is 2.55. The van der Waals surface area contributed by atoms with Gasteiger partial charge in [-0.2, -0.15) is 0 Å². The number of ether oxygens (including phenoxy) is 1. The number of benzene rings is 1. The first-order valence-electron chi connectivity index (χ1n) is 8.76. The quantitative estimate of drug-likeness (QED) is 0.178. The molecule has 0 spiro atoms. The lowest BCUT2D eigenvalue weighted by atomic mass is 10.1. The maximum atomic E-state index is 13.8. The topological polar surface area (TPSA) is 105 Å². The van der Waals surface area contributed by atoms with Crippen molar-refractivity contribution in [1.29, 1.82) is 0 Å². The molecule has 0 atom stereocenters. The van der Waals surface area contributed by atoms with Gasteiger partial charge in [0.05, 0.1) is 0 Å². The highest BCUT2D eigenvalue weighted by Crippen LogP contribution is 2.24. The first-order valence-corrected chi connectivity index (χ1v) is 10.7. The van der Waals surface area contributed by atoms with Gasteiger partial charge in [-0.05, 0) is 0 Å². The Labute approximate surface area is 173 Å². The highest BCUT2D eigenvalue weighted by atomic mass is 28.4. The lowest BCUT2D eigenvalue weighted by molar-refractivity contribution is -0.151. The molecule has 0 saturated heterocycles. The molecular weight excluding hydrogens is 455 g/mol. The Morgan fingerprint density at radius 3 is 1.29 bits per heavy atom. The molecule has 0 aliphatic rings. The van der Waals surface area contributed by atoms with E-state index in [1.54, 1.807) is 0 Å². The third-order valence-electron chi connectivity index (χ3n) is 3.47. The molecule has 1 aromatic carbocycles. The van der Waals surface area contributed by atoms with E-state index in [0.29, 0.717) is 0 Å². The molecule has 14 heteroatoms. The molecule has 0 heterocycles. The Morgan fingerprint density at radius 2 is 0.968 bits per heavy atom. The second kappa shape index (κ2) is 10.8. The van der Waals surface area contributed by atoms with Gasteiger partial charge in [-0.15, -0.1) is 0 Å². The average Bonchev–Trinajstić information content (AvgIpc) is 2.74. The SMILES string of the molecule is CCC(=O)O[Si](COC(=O)c1c(F)c(F)c(F)c(F)c1F)(OC(=O)CC)OC(=O)CC. The van der Waals surface area contributed by atoms with Gasteiger partial charge >= 0.3 is 14.8 Å². The fourth-order valence-corrected chi connectivity index (χ4v) is 3.98. The Kier molecular flexibility index (Phi) is 9.09. The second-order valence-corrected chi connectivity index (χ2v) is 7.95. The average molecular weight is 472 g/mol. The molecule has 1 aromatic rings. The van der Waals surface area contributed by atoms with Crippen LogP contribution >= 0.6 is 0 Å². The van der Waals surface area contributed by atoms with E-state index >= 15 is 0 Å². The van der Waals surface area contributed by atoms with Crippen LogP contribution in [-0.4, -0.2) is 38.9 Å². The van der Waals surface area contributed by atoms with Crippen molar-refractivity contribution >= 4 is 32.7 Å². The van der Waals surface area contributed by atoms with Crippen LogP contribution in [0.1, 0.15) is 50.4 Å². The van der Waals surface area contributed by atoms with Crippen LogP contribution in [0.15, 0.2) is 0 Å². The number of carbonyl (C=O) groups excluding carboxylic acids is 4. The van der Waals surface area contributed by atoms with Crippen molar-refractivity contribution in [1.82, 2.24) is 0 Å². The second-order valence-electron chi connectivity index (χ2n) is 5.69. The number of hydrogen-bond donors (Lipinski definition) is 0. The summed E-state index contributed by atoms with van der Waals surface area (Å²) in [6.07, 6.45) is -2.22. The molecule has 0 aliphatic carbocycles. The summed E-state index contributed by atoms with van der Waals surface area (Å²) in [4.78, 5) is 47.3. The summed E-state index contributed by atoms with van der Waals surface area (Å²) in [5.74, 6) is -17.5. The fourth-order valence-electron chi connectivity index (χ4n) is 1.90. The van der Waals surface area contributed by atoms with Gasteiger partial charge in [0.1, 0.15) is 5.56 Å². The Balaban J connectivity index is 3.34. The minimum absolute atomic E-state index is 0.298. The number of rotatable bonds is 9. The summed E-state index contributed by atoms with van der Waals surface area (Å²) >= 11 is 0. The van der Waals surface area contributed by atoms with E-state index in [1.807, 2.05) is 0 Å². The standard InChI is InChI=1S/C17H17F5O8Si/c1-4-8(23)28-31(29-9(24)5-2,30-10(25)6-3)7-27-17(26)11-12(18)14(20)16(22)15(21)13(11)19/h4-7H2,1-3H3. The molecule has 0 N–H and O–H groups in total. The van der Waals surface area contributed by atoms with Crippen molar-refractivity contribution in [2.75, 3.05) is 6.23 Å². The number of esters is 1. The smallest absolute Gasteiger partial charge is 0.453 e. The minimum atomic E-state index is -4.81. The molecule has 172 valence electrons. The van der Waals surface area contributed by atoms with Crippen LogP contribution in [0, 0.1) is 29.1 Å². The monoisotopic (exact) mass is 472 g/mol. The number of halogens is 5. The summed E-state index contributed by atoms with van der Waals surface area (Å²) in [5, 5.41) is 0. The van der Waals surface area contributed by atoms with Gasteiger partial charge in [-0.25, -0.2) is 26.7 Å². The van der Waals surface area contributed by atoms with E-state index in [9.17, 15) is 41.1 Å². The fraction of sp³-hybridized carbons (Fsp3) is 0.412. The lowest BCUT2D eigenvalue weighted by Crippen LogP contribution is -2.54. The van der Waals surface area contributed by atoms with Crippen LogP contribution in [-0.2, 0) is 32.4 Å². The van der Waals surface area contributed by atoms with Crippen LogP contribution in [0.5, 0.6) is 0 Å². The Bertz CT molecular complexity index is 817. The van der Waals surface area contributed by atoms with Crippen molar-refractivity contribution in [3.63, 3.8) is 0 Å². The van der Waals surface area contributed by atoms with E-state index in [1.165, 1.54) is 20.8 Å². The molecular formula is C17H17F5O8Si. The Hall–Kier alpha value is -3.03. The maximum absolute atomic E-state index is 13.8. The third-order valence-corrected chi connectivity index (χ3v) is 5.58. The van der Waals surface area contributed by atoms with Crippen molar-refractivity contribution in [3.8, 4) is 0 Å². The van der Waals surface area contributed by atoms with Crippen molar-refractivity contribution in [3.05, 3.63) is 34.6 Å². The first kappa shape index (κ1) is 26.0. The number of carbonyl (C=O) groups is 4. The molecule has 0 bridgehead atoms. The zero-order chi connectivity index (χ0) is 23.9. The van der Waals surface area contributed by atoms with Crippen molar-refractivity contribution in [2.45, 2.75) is 40.0 Å². The van der Waals surface area contributed by atoms with Crippen LogP contribution in [0.3, 0.4) is 0 Å². The number of hydrogen-bond acceptors (Lipinski definition) is 8. The minimum Gasteiger partial charge on any atom is -0.453 e. The van der Waals surface area contributed by atoms with Gasteiger partial charge < -0.3 is 18.0 Å². The molecule has 1 rings (SSSR count). The summed E-state index contributed by atoms with van der Waals surface area (Å²) in [6.45, 7) is 3.98. The molecule has 0 fully saturated rings. The molecule has 0 aliphatic heterocycles.